The van der Waals surface area contributed by atoms with Gasteiger partial charge in [-0.25, -0.2) is 8.42 Å². The van der Waals surface area contributed by atoms with Gasteiger partial charge in [-0.2, -0.15) is 4.31 Å². The zero-order chi connectivity index (χ0) is 16.7. The van der Waals surface area contributed by atoms with Crippen molar-refractivity contribution in [2.75, 3.05) is 19.8 Å². The fourth-order valence-corrected chi connectivity index (χ4v) is 5.85. The summed E-state index contributed by atoms with van der Waals surface area (Å²) >= 11 is 1.70. The number of hydrogen-bond acceptors (Lipinski definition) is 5. The van der Waals surface area contributed by atoms with E-state index < -0.39 is 10.0 Å². The minimum Gasteiger partial charge on any atom is -0.490 e. The van der Waals surface area contributed by atoms with Crippen LogP contribution < -0.4 is 9.47 Å². The number of rotatable bonds is 2. The number of hydrogen-bond donors (Lipinski definition) is 0. The molecule has 2 aromatic rings. The molecule has 0 spiro atoms. The Labute approximate surface area is 145 Å². The van der Waals surface area contributed by atoms with Crippen LogP contribution in [0, 0.1) is 0 Å². The molecule has 7 heteroatoms. The van der Waals surface area contributed by atoms with Crippen LogP contribution in [0.2, 0.25) is 0 Å². The molecule has 2 aliphatic rings. The van der Waals surface area contributed by atoms with Crippen molar-refractivity contribution in [1.29, 1.82) is 0 Å². The van der Waals surface area contributed by atoms with E-state index >= 15 is 0 Å². The van der Waals surface area contributed by atoms with Gasteiger partial charge >= 0.3 is 0 Å². The maximum Gasteiger partial charge on any atom is 0.243 e. The van der Waals surface area contributed by atoms with E-state index in [4.69, 9.17) is 9.47 Å². The van der Waals surface area contributed by atoms with Crippen molar-refractivity contribution in [2.45, 2.75) is 30.7 Å². The first-order chi connectivity index (χ1) is 11.6. The highest BCUT2D eigenvalue weighted by Crippen LogP contribution is 2.38. The molecule has 1 aromatic heterocycles. The van der Waals surface area contributed by atoms with Crippen molar-refractivity contribution in [3.63, 3.8) is 0 Å². The molecule has 5 nitrogen and oxygen atoms in total. The van der Waals surface area contributed by atoms with Gasteiger partial charge in [-0.1, -0.05) is 0 Å². The van der Waals surface area contributed by atoms with Crippen molar-refractivity contribution in [2.24, 2.45) is 0 Å². The Kier molecular flexibility index (Phi) is 4.02. The third-order valence-corrected chi connectivity index (χ3v) is 7.51. The molecule has 1 atom stereocenters. The number of fused-ring (bicyclic) bond motifs is 2. The maximum absolute atomic E-state index is 13.1. The summed E-state index contributed by atoms with van der Waals surface area (Å²) in [5.74, 6) is 1.12. The lowest BCUT2D eigenvalue weighted by atomic mass is 10.0. The average Bonchev–Trinajstić information content (AvgIpc) is 2.93. The Balaban J connectivity index is 1.70. The Bertz CT molecular complexity index is 859. The van der Waals surface area contributed by atoms with Crippen molar-refractivity contribution < 1.29 is 17.9 Å². The van der Waals surface area contributed by atoms with E-state index in [9.17, 15) is 8.42 Å². The van der Waals surface area contributed by atoms with Crippen LogP contribution in [0.3, 0.4) is 0 Å². The Hall–Kier alpha value is -1.57. The Morgan fingerprint density at radius 2 is 1.96 bits per heavy atom. The van der Waals surface area contributed by atoms with Gasteiger partial charge in [0.25, 0.3) is 0 Å². The summed E-state index contributed by atoms with van der Waals surface area (Å²) in [5.41, 5.74) is 1.11. The second-order valence-electron chi connectivity index (χ2n) is 6.00. The van der Waals surface area contributed by atoms with Gasteiger partial charge in [-0.15, -0.1) is 11.3 Å². The van der Waals surface area contributed by atoms with Gasteiger partial charge < -0.3 is 9.47 Å². The fourth-order valence-electron chi connectivity index (χ4n) is 3.25. The van der Waals surface area contributed by atoms with Gasteiger partial charge in [-0.05, 0) is 42.5 Å². The van der Waals surface area contributed by atoms with Crippen LogP contribution >= 0.6 is 11.3 Å². The highest BCUT2D eigenvalue weighted by Gasteiger charge is 2.35. The first kappa shape index (κ1) is 15.9. The molecule has 128 valence electrons. The Morgan fingerprint density at radius 3 is 2.79 bits per heavy atom. The van der Waals surface area contributed by atoms with E-state index in [0.717, 1.165) is 18.4 Å². The number of nitrogens with zero attached hydrogens (tertiary/aromatic N) is 1. The number of ether oxygens (including phenoxy) is 2. The van der Waals surface area contributed by atoms with Crippen LogP contribution in [0.15, 0.2) is 34.5 Å². The largest absolute Gasteiger partial charge is 0.490 e. The summed E-state index contributed by atoms with van der Waals surface area (Å²) < 4.78 is 39.1. The monoisotopic (exact) mass is 365 g/mol. The van der Waals surface area contributed by atoms with Crippen molar-refractivity contribution >= 4 is 21.4 Å². The zero-order valence-electron chi connectivity index (χ0n) is 13.4. The molecule has 0 saturated carbocycles. The predicted molar refractivity (Wildman–Crippen MR) is 92.4 cm³/mol. The van der Waals surface area contributed by atoms with E-state index in [1.807, 2.05) is 18.4 Å². The minimum absolute atomic E-state index is 0.152. The van der Waals surface area contributed by atoms with Crippen LogP contribution in [-0.2, 0) is 16.4 Å². The summed E-state index contributed by atoms with van der Waals surface area (Å²) in [6.45, 7) is 3.58. The smallest absolute Gasteiger partial charge is 0.243 e. The van der Waals surface area contributed by atoms with Gasteiger partial charge in [0, 0.05) is 30.0 Å². The molecule has 0 unspecified atom stereocenters. The molecule has 2 aliphatic heterocycles. The molecule has 4 rings (SSSR count). The fraction of sp³-hybridized carbons (Fsp3) is 0.412. The standard InChI is InChI=1S/C17H19NO4S2/c1-12-14-6-10-23-17(14)5-7-18(12)24(19,20)13-3-4-15-16(11-13)22-9-2-8-21-15/h3-4,6,10-12H,2,5,7-9H2,1H3/t12-/m0/s1. The van der Waals surface area contributed by atoms with Crippen molar-refractivity contribution in [1.82, 2.24) is 4.31 Å². The topological polar surface area (TPSA) is 55.8 Å². The molecular weight excluding hydrogens is 346 g/mol. The summed E-state index contributed by atoms with van der Waals surface area (Å²) in [6.07, 6.45) is 1.56. The third-order valence-electron chi connectivity index (χ3n) is 4.55. The molecule has 3 heterocycles. The van der Waals surface area contributed by atoms with Crippen molar-refractivity contribution in [3.05, 3.63) is 40.1 Å². The minimum atomic E-state index is -3.57. The molecule has 1 aromatic carbocycles. The first-order valence-electron chi connectivity index (χ1n) is 8.05. The molecule has 0 fully saturated rings. The summed E-state index contributed by atoms with van der Waals surface area (Å²) in [7, 11) is -3.57. The van der Waals surface area contributed by atoms with Gasteiger partial charge in [-0.3, -0.25) is 0 Å². The summed E-state index contributed by atoms with van der Waals surface area (Å²) in [4.78, 5) is 1.55. The summed E-state index contributed by atoms with van der Waals surface area (Å²) in [5, 5.41) is 2.03. The van der Waals surface area contributed by atoms with E-state index in [1.165, 1.54) is 4.88 Å². The number of thiophene rings is 1. The Morgan fingerprint density at radius 1 is 1.17 bits per heavy atom. The van der Waals surface area contributed by atoms with E-state index in [0.29, 0.717) is 31.3 Å². The lowest BCUT2D eigenvalue weighted by Gasteiger charge is -2.32. The van der Waals surface area contributed by atoms with Gasteiger partial charge in [0.2, 0.25) is 10.0 Å². The molecule has 0 N–H and O–H groups in total. The normalized spacial score (nSPS) is 21.1. The summed E-state index contributed by atoms with van der Waals surface area (Å²) in [6, 6.07) is 6.77. The molecule has 0 saturated heterocycles. The molecule has 0 amide bonds. The maximum atomic E-state index is 13.1. The third kappa shape index (κ3) is 2.60. The zero-order valence-corrected chi connectivity index (χ0v) is 15.0. The second kappa shape index (κ2) is 6.06. The lowest BCUT2D eigenvalue weighted by Crippen LogP contribution is -2.38. The second-order valence-corrected chi connectivity index (χ2v) is 8.89. The van der Waals surface area contributed by atoms with Crippen LogP contribution in [0.5, 0.6) is 11.5 Å². The SMILES string of the molecule is C[C@H]1c2ccsc2CCN1S(=O)(=O)c1ccc2c(c1)OCCCO2. The van der Waals surface area contributed by atoms with Crippen molar-refractivity contribution in [3.8, 4) is 11.5 Å². The van der Waals surface area contributed by atoms with Crippen LogP contribution in [-0.4, -0.2) is 32.5 Å². The average molecular weight is 365 g/mol. The van der Waals surface area contributed by atoms with Crippen LogP contribution in [0.25, 0.3) is 0 Å². The number of benzene rings is 1. The molecular formula is C17H19NO4S2. The quantitative estimate of drug-likeness (QED) is 0.820. The van der Waals surface area contributed by atoms with Gasteiger partial charge in [0.05, 0.1) is 18.1 Å². The first-order valence-corrected chi connectivity index (χ1v) is 10.4. The molecule has 0 bridgehead atoms. The highest BCUT2D eigenvalue weighted by molar-refractivity contribution is 7.89. The molecule has 0 radical (unpaired) electrons. The van der Waals surface area contributed by atoms with Crippen LogP contribution in [0.4, 0.5) is 0 Å². The number of sulfonamides is 1. The van der Waals surface area contributed by atoms with E-state index in [2.05, 4.69) is 0 Å². The predicted octanol–water partition coefficient (Wildman–Crippen LogP) is 3.22. The van der Waals surface area contributed by atoms with E-state index in [-0.39, 0.29) is 10.9 Å². The lowest BCUT2D eigenvalue weighted by molar-refractivity contribution is 0.296. The highest BCUT2D eigenvalue weighted by atomic mass is 32.2. The van der Waals surface area contributed by atoms with E-state index in [1.54, 1.807) is 33.8 Å². The van der Waals surface area contributed by atoms with Crippen LogP contribution in [0.1, 0.15) is 29.8 Å². The molecule has 0 aliphatic carbocycles. The van der Waals surface area contributed by atoms with Gasteiger partial charge in [0.15, 0.2) is 11.5 Å². The van der Waals surface area contributed by atoms with Gasteiger partial charge in [0.1, 0.15) is 0 Å². The molecule has 24 heavy (non-hydrogen) atoms.